The van der Waals surface area contributed by atoms with Crippen LogP contribution < -0.4 is 5.73 Å². The number of carbonyl (C=O) groups excluding carboxylic acids is 3. The van der Waals surface area contributed by atoms with E-state index in [0.717, 1.165) is 0 Å². The average molecular weight is 325 g/mol. The van der Waals surface area contributed by atoms with E-state index in [2.05, 4.69) is 0 Å². The third-order valence-electron chi connectivity index (χ3n) is 2.47. The number of hydrogen-bond donors (Lipinski definition) is 2. The summed E-state index contributed by atoms with van der Waals surface area (Å²) in [5.41, 5.74) is 5.32. The van der Waals surface area contributed by atoms with E-state index in [1.807, 2.05) is 0 Å². The maximum atomic E-state index is 11.8. The lowest BCUT2D eigenvalue weighted by Gasteiger charge is -2.40. The van der Waals surface area contributed by atoms with Crippen LogP contribution in [0.3, 0.4) is 0 Å². The van der Waals surface area contributed by atoms with Gasteiger partial charge >= 0.3 is 10.3 Å². The molecule has 0 bridgehead atoms. The number of rotatable bonds is 4. The molecule has 0 radical (unpaired) electrons. The van der Waals surface area contributed by atoms with Crippen LogP contribution in [0.5, 0.6) is 0 Å². The first kappa shape index (κ1) is 16.4. The highest BCUT2D eigenvalue weighted by atomic mass is 32.2. The second-order valence-electron chi connectivity index (χ2n) is 3.91. The summed E-state index contributed by atoms with van der Waals surface area (Å²) >= 11 is -0.225. The van der Waals surface area contributed by atoms with Crippen LogP contribution >= 0.6 is 0 Å². The van der Waals surface area contributed by atoms with E-state index in [-0.39, 0.29) is 15.6 Å². The molecule has 0 aliphatic carbocycles. The highest BCUT2D eigenvalue weighted by Gasteiger charge is 2.50. The lowest BCUT2D eigenvalue weighted by Crippen LogP contribution is -2.68. The topological polar surface area (TPSA) is 155 Å². The van der Waals surface area contributed by atoms with Crippen LogP contribution in [0, 0.1) is 0 Å². The minimum atomic E-state index is -4.74. The fourth-order valence-corrected chi connectivity index (χ4v) is 2.39. The van der Waals surface area contributed by atoms with Gasteiger partial charge in [-0.25, -0.2) is 8.51 Å². The Morgan fingerprint density at radius 1 is 1.60 bits per heavy atom. The first-order valence-electron chi connectivity index (χ1n) is 5.14. The Morgan fingerprint density at radius 2 is 2.15 bits per heavy atom. The fourth-order valence-electron chi connectivity index (χ4n) is 1.51. The molecule has 3 amide bonds. The van der Waals surface area contributed by atoms with Crippen LogP contribution in [-0.4, -0.2) is 68.1 Å². The molecule has 0 aromatic carbocycles. The van der Waals surface area contributed by atoms with Crippen LogP contribution in [0.1, 0.15) is 6.92 Å². The highest BCUT2D eigenvalue weighted by molar-refractivity contribution is 7.84. The molecular weight excluding hydrogens is 314 g/mol. The molecule has 10 nitrogen and oxygen atoms in total. The molecular formula is C8H11N3O7S2. The summed E-state index contributed by atoms with van der Waals surface area (Å²) in [7, 11) is -4.74. The summed E-state index contributed by atoms with van der Waals surface area (Å²) in [6.07, 6.45) is 0. The summed E-state index contributed by atoms with van der Waals surface area (Å²) in [6.45, 7) is 0.676. The largest absolute Gasteiger partial charge is 0.362 e. The summed E-state index contributed by atoms with van der Waals surface area (Å²) in [4.78, 5) is 35.4. The molecule has 112 valence electrons. The van der Waals surface area contributed by atoms with Crippen LogP contribution in [0.2, 0.25) is 0 Å². The monoisotopic (exact) mass is 325 g/mol. The molecule has 1 saturated heterocycles. The quantitative estimate of drug-likeness (QED) is 0.309. The van der Waals surface area contributed by atoms with E-state index in [1.54, 1.807) is 0 Å². The van der Waals surface area contributed by atoms with Gasteiger partial charge in [-0.2, -0.15) is 8.42 Å². The van der Waals surface area contributed by atoms with Gasteiger partial charge in [0.15, 0.2) is 0 Å². The Kier molecular flexibility index (Phi) is 4.75. The van der Waals surface area contributed by atoms with Crippen LogP contribution in [-0.2, 0) is 35.9 Å². The van der Waals surface area contributed by atoms with E-state index < -0.39 is 46.7 Å². The van der Waals surface area contributed by atoms with Crippen LogP contribution in [0.4, 0.5) is 0 Å². The molecule has 1 heterocycles. The van der Waals surface area contributed by atoms with Gasteiger partial charge in [0, 0.05) is 0 Å². The fraction of sp³-hybridized carbons (Fsp3) is 0.500. The molecule has 0 aromatic rings. The van der Waals surface area contributed by atoms with Gasteiger partial charge in [-0.15, -0.1) is 0 Å². The predicted molar refractivity (Wildman–Crippen MR) is 66.8 cm³/mol. The first-order chi connectivity index (χ1) is 9.11. The third-order valence-corrected chi connectivity index (χ3v) is 3.66. The number of hydrogen-bond acceptors (Lipinski definition) is 7. The van der Waals surface area contributed by atoms with Crippen molar-refractivity contribution in [3.05, 3.63) is 0 Å². The first-order valence-corrected chi connectivity index (χ1v) is 7.35. The Morgan fingerprint density at radius 3 is 2.50 bits per heavy atom. The van der Waals surface area contributed by atoms with E-state index in [1.165, 1.54) is 6.92 Å². The van der Waals surface area contributed by atoms with Crippen molar-refractivity contribution in [1.29, 1.82) is 0 Å². The number of nitrogens with two attached hydrogens (primary N) is 1. The van der Waals surface area contributed by atoms with E-state index in [9.17, 15) is 27.0 Å². The molecule has 2 atom stereocenters. The molecule has 1 aliphatic heterocycles. The summed E-state index contributed by atoms with van der Waals surface area (Å²) < 4.78 is 40.7. The lowest BCUT2D eigenvalue weighted by molar-refractivity contribution is -0.157. The molecule has 3 N–H and O–H groups in total. The van der Waals surface area contributed by atoms with Crippen molar-refractivity contribution in [2.24, 2.45) is 5.73 Å². The second kappa shape index (κ2) is 5.78. The van der Waals surface area contributed by atoms with E-state index in [0.29, 0.717) is 10.3 Å². The van der Waals surface area contributed by atoms with Crippen molar-refractivity contribution in [3.63, 3.8) is 0 Å². The van der Waals surface area contributed by atoms with Crippen molar-refractivity contribution >= 4 is 44.6 Å². The molecule has 1 fully saturated rings. The number of carbonyl (C=O) groups is 3. The van der Waals surface area contributed by atoms with Gasteiger partial charge in [0.25, 0.3) is 11.8 Å². The van der Waals surface area contributed by atoms with Crippen molar-refractivity contribution in [2.45, 2.75) is 19.0 Å². The molecule has 20 heavy (non-hydrogen) atoms. The van der Waals surface area contributed by atoms with Crippen molar-refractivity contribution in [3.8, 4) is 0 Å². The van der Waals surface area contributed by atoms with Gasteiger partial charge < -0.3 is 5.73 Å². The van der Waals surface area contributed by atoms with Gasteiger partial charge in [-0.3, -0.25) is 23.8 Å². The maximum absolute atomic E-state index is 11.8. The lowest BCUT2D eigenvalue weighted by atomic mass is 10.1. The van der Waals surface area contributed by atoms with Crippen molar-refractivity contribution < 1.29 is 31.6 Å². The zero-order valence-electron chi connectivity index (χ0n) is 10.1. The van der Waals surface area contributed by atoms with Crippen molar-refractivity contribution in [2.75, 3.05) is 6.54 Å². The second-order valence-corrected chi connectivity index (χ2v) is 5.68. The van der Waals surface area contributed by atoms with E-state index >= 15 is 0 Å². The summed E-state index contributed by atoms with van der Waals surface area (Å²) in [5.74, 6) is -3.16. The zero-order chi connectivity index (χ0) is 15.7. The summed E-state index contributed by atoms with van der Waals surface area (Å²) in [6, 6.07) is -2.54. The number of β-lactam (4-membered cyclic amide) rings is 1. The third kappa shape index (κ3) is 3.09. The number of imide groups is 1. The van der Waals surface area contributed by atoms with Gasteiger partial charge in [0.2, 0.25) is 5.91 Å². The number of nitrogens with zero attached hydrogens (tertiary/aromatic N) is 2. The Balaban J connectivity index is 3.05. The minimum Gasteiger partial charge on any atom is -0.320 e. The maximum Gasteiger partial charge on any atom is 0.362 e. The van der Waals surface area contributed by atoms with Crippen LogP contribution in [0.15, 0.2) is 0 Å². The van der Waals surface area contributed by atoms with E-state index in [4.69, 9.17) is 10.3 Å². The molecule has 12 heteroatoms. The zero-order valence-corrected chi connectivity index (χ0v) is 11.8. The van der Waals surface area contributed by atoms with Gasteiger partial charge in [0.1, 0.15) is 6.04 Å². The minimum absolute atomic E-state index is 0.0940. The SMILES string of the molecule is C[C@H](N)C(=O)N(C(=O)C=S=O)C1CN(S(=O)(=O)O)C1=O. The molecule has 1 unspecified atom stereocenters. The molecule has 1 aliphatic rings. The summed E-state index contributed by atoms with van der Waals surface area (Å²) in [5, 5.41) is 0.545. The predicted octanol–water partition coefficient (Wildman–Crippen LogP) is -3.28. The standard InChI is InChI=1S/C8H11N3O7S2/c1-4(9)7(13)11(6(12)3-19-15)5-2-10(8(5)14)20(16,17)18/h3-5H,2,9H2,1H3,(H,16,17,18)/t4-,5?/m0/s1. The number of amides is 3. The van der Waals surface area contributed by atoms with Crippen LogP contribution in [0.25, 0.3) is 0 Å². The van der Waals surface area contributed by atoms with Gasteiger partial charge in [-0.05, 0) is 6.92 Å². The highest BCUT2D eigenvalue weighted by Crippen LogP contribution is 2.20. The molecule has 0 aromatic heterocycles. The molecule has 0 saturated carbocycles. The Labute approximate surface area is 117 Å². The van der Waals surface area contributed by atoms with Gasteiger partial charge in [-0.1, -0.05) is 0 Å². The normalized spacial score (nSPS) is 19.9. The van der Waals surface area contributed by atoms with Gasteiger partial charge in [0.05, 0.1) is 29.2 Å². The smallest absolute Gasteiger partial charge is 0.320 e. The Hall–Kier alpha value is -1.63. The van der Waals surface area contributed by atoms with Crippen molar-refractivity contribution in [1.82, 2.24) is 9.21 Å². The average Bonchev–Trinajstić information content (AvgIpc) is 2.30. The molecule has 1 rings (SSSR count). The molecule has 0 spiro atoms. The Bertz CT molecular complexity index is 608.